The zero-order chi connectivity index (χ0) is 14.7. The quantitative estimate of drug-likeness (QED) is 0.658. The van der Waals surface area contributed by atoms with Crippen molar-refractivity contribution in [3.8, 4) is 11.5 Å². The predicted octanol–water partition coefficient (Wildman–Crippen LogP) is 4.37. The minimum absolute atomic E-state index is 0.322. The molecule has 0 amide bonds. The molecule has 0 N–H and O–H groups in total. The number of hydrogen-bond donors (Lipinski definition) is 0. The third-order valence-corrected chi connectivity index (χ3v) is 3.82. The summed E-state index contributed by atoms with van der Waals surface area (Å²) >= 11 is 1.44. The fourth-order valence-electron chi connectivity index (χ4n) is 1.99. The van der Waals surface area contributed by atoms with Gasteiger partial charge in [-0.2, -0.15) is 0 Å². The molecule has 2 aromatic heterocycles. The third-order valence-electron chi connectivity index (χ3n) is 2.95. The Kier molecular flexibility index (Phi) is 3.83. The lowest BCUT2D eigenvalue weighted by Crippen LogP contribution is -2.14. The van der Waals surface area contributed by atoms with E-state index in [1.807, 2.05) is 22.1 Å². The van der Waals surface area contributed by atoms with E-state index < -0.39 is 0 Å². The molecule has 0 aliphatic rings. The van der Waals surface area contributed by atoms with Gasteiger partial charge in [0.15, 0.2) is 10.6 Å². The second-order valence-electron chi connectivity index (χ2n) is 4.34. The van der Waals surface area contributed by atoms with Crippen molar-refractivity contribution < 1.29 is 8.81 Å². The fourth-order valence-corrected chi connectivity index (χ4v) is 2.90. The molecule has 0 atom stereocenters. The number of nitrogens with zero attached hydrogens (tertiary/aromatic N) is 2. The topological polar surface area (TPSA) is 30.4 Å². The molecule has 0 saturated carbocycles. The molecule has 106 valence electrons. The first kappa shape index (κ1) is 13.6. The van der Waals surface area contributed by atoms with Crippen LogP contribution in [0, 0.1) is 5.82 Å². The Labute approximate surface area is 125 Å². The van der Waals surface area contributed by atoms with Gasteiger partial charge in [0.1, 0.15) is 11.5 Å². The lowest BCUT2D eigenvalue weighted by molar-refractivity contribution is 0.574. The van der Waals surface area contributed by atoms with Crippen LogP contribution in [0.3, 0.4) is 0 Å². The maximum absolute atomic E-state index is 13.7. The highest BCUT2D eigenvalue weighted by Crippen LogP contribution is 2.22. The first-order chi connectivity index (χ1) is 10.3. The van der Waals surface area contributed by atoms with Crippen LogP contribution in [0.25, 0.3) is 11.5 Å². The summed E-state index contributed by atoms with van der Waals surface area (Å²) in [5, 5.41) is 1.95. The Morgan fingerprint density at radius 2 is 2.14 bits per heavy atom. The van der Waals surface area contributed by atoms with Crippen LogP contribution < -0.4 is 4.80 Å². The Morgan fingerprint density at radius 3 is 2.86 bits per heavy atom. The molecule has 5 heteroatoms. The Morgan fingerprint density at radius 1 is 1.29 bits per heavy atom. The normalized spacial score (nSPS) is 11.8. The van der Waals surface area contributed by atoms with Crippen molar-refractivity contribution in [2.24, 2.45) is 4.99 Å². The third kappa shape index (κ3) is 2.73. The van der Waals surface area contributed by atoms with Crippen LogP contribution in [0.2, 0.25) is 0 Å². The molecular formula is C16H13FN2OS. The van der Waals surface area contributed by atoms with Crippen LogP contribution >= 0.6 is 11.3 Å². The highest BCUT2D eigenvalue weighted by Gasteiger charge is 2.09. The van der Waals surface area contributed by atoms with Gasteiger partial charge in [0.2, 0.25) is 0 Å². The summed E-state index contributed by atoms with van der Waals surface area (Å²) in [6, 6.07) is 10.2. The lowest BCUT2D eigenvalue weighted by Gasteiger charge is -2.03. The second kappa shape index (κ2) is 5.93. The van der Waals surface area contributed by atoms with Gasteiger partial charge in [-0.25, -0.2) is 9.38 Å². The van der Waals surface area contributed by atoms with Crippen molar-refractivity contribution in [3.05, 3.63) is 71.3 Å². The molecule has 0 aliphatic carbocycles. The van der Waals surface area contributed by atoms with Gasteiger partial charge in [-0.3, -0.25) is 0 Å². The number of hydrogen-bond acceptors (Lipinski definition) is 3. The molecule has 0 aliphatic heterocycles. The molecule has 3 rings (SSSR count). The van der Waals surface area contributed by atoms with Gasteiger partial charge in [0.25, 0.3) is 0 Å². The van der Waals surface area contributed by atoms with Crippen molar-refractivity contribution in [2.75, 3.05) is 0 Å². The van der Waals surface area contributed by atoms with E-state index in [1.54, 1.807) is 30.5 Å². The number of furan rings is 1. The number of rotatable bonds is 4. The molecule has 0 radical (unpaired) electrons. The number of thiazole rings is 1. The monoisotopic (exact) mass is 300 g/mol. The summed E-state index contributed by atoms with van der Waals surface area (Å²) in [6.45, 7) is 4.34. The van der Waals surface area contributed by atoms with Gasteiger partial charge in [0.05, 0.1) is 12.0 Å². The van der Waals surface area contributed by atoms with Gasteiger partial charge >= 0.3 is 0 Å². The van der Waals surface area contributed by atoms with Crippen LogP contribution in [0.1, 0.15) is 0 Å². The lowest BCUT2D eigenvalue weighted by atomic mass is 10.3. The number of para-hydroxylation sites is 1. The van der Waals surface area contributed by atoms with Crippen molar-refractivity contribution in [1.82, 2.24) is 4.57 Å². The van der Waals surface area contributed by atoms with E-state index in [0.717, 1.165) is 11.5 Å². The van der Waals surface area contributed by atoms with Crippen molar-refractivity contribution in [1.29, 1.82) is 0 Å². The molecule has 3 aromatic rings. The van der Waals surface area contributed by atoms with E-state index in [2.05, 4.69) is 11.6 Å². The highest BCUT2D eigenvalue weighted by molar-refractivity contribution is 7.07. The average Bonchev–Trinajstić information content (AvgIpc) is 3.12. The molecule has 1 aromatic carbocycles. The summed E-state index contributed by atoms with van der Waals surface area (Å²) < 4.78 is 21.1. The van der Waals surface area contributed by atoms with Crippen LogP contribution in [0.5, 0.6) is 0 Å². The molecule has 2 heterocycles. The molecule has 0 spiro atoms. The number of halogens is 1. The van der Waals surface area contributed by atoms with Crippen molar-refractivity contribution in [2.45, 2.75) is 6.54 Å². The molecule has 0 unspecified atom stereocenters. The van der Waals surface area contributed by atoms with Crippen LogP contribution in [0.15, 0.2) is 70.1 Å². The number of benzene rings is 1. The van der Waals surface area contributed by atoms with Gasteiger partial charge in [0, 0.05) is 11.9 Å². The molecular weight excluding hydrogens is 287 g/mol. The van der Waals surface area contributed by atoms with E-state index in [9.17, 15) is 4.39 Å². The van der Waals surface area contributed by atoms with Crippen molar-refractivity contribution in [3.63, 3.8) is 0 Å². The zero-order valence-corrected chi connectivity index (χ0v) is 12.0. The SMILES string of the molecule is C=CCn1c(-c2ccco2)csc1=Nc1ccccc1F. The zero-order valence-electron chi connectivity index (χ0n) is 11.2. The van der Waals surface area contributed by atoms with Gasteiger partial charge < -0.3 is 8.98 Å². The van der Waals surface area contributed by atoms with Crippen molar-refractivity contribution >= 4 is 17.0 Å². The summed E-state index contributed by atoms with van der Waals surface area (Å²) in [5.41, 5.74) is 1.23. The molecule has 0 bridgehead atoms. The van der Waals surface area contributed by atoms with E-state index in [0.29, 0.717) is 17.0 Å². The molecule has 3 nitrogen and oxygen atoms in total. The van der Waals surface area contributed by atoms with Gasteiger partial charge in [-0.15, -0.1) is 17.9 Å². The highest BCUT2D eigenvalue weighted by atomic mass is 32.1. The standard InChI is InChI=1S/C16H13FN2OS/c1-2-9-19-14(15-8-5-10-20-15)11-21-16(19)18-13-7-4-3-6-12(13)17/h2-8,10-11H,1,9H2. The van der Waals surface area contributed by atoms with Crippen LogP contribution in [-0.2, 0) is 6.54 Å². The van der Waals surface area contributed by atoms with E-state index in [-0.39, 0.29) is 5.82 Å². The molecule has 21 heavy (non-hydrogen) atoms. The van der Waals surface area contributed by atoms with Gasteiger partial charge in [-0.1, -0.05) is 18.2 Å². The minimum atomic E-state index is -0.337. The number of allylic oxidation sites excluding steroid dienone is 1. The Hall–Kier alpha value is -2.40. The smallest absolute Gasteiger partial charge is 0.190 e. The molecule has 0 fully saturated rings. The summed E-state index contributed by atoms with van der Waals surface area (Å²) in [5.74, 6) is 0.415. The summed E-state index contributed by atoms with van der Waals surface area (Å²) in [6.07, 6.45) is 3.40. The maximum Gasteiger partial charge on any atom is 0.190 e. The van der Waals surface area contributed by atoms with E-state index >= 15 is 0 Å². The summed E-state index contributed by atoms with van der Waals surface area (Å²) in [4.78, 5) is 5.11. The van der Waals surface area contributed by atoms with Crippen LogP contribution in [-0.4, -0.2) is 4.57 Å². The summed E-state index contributed by atoms with van der Waals surface area (Å²) in [7, 11) is 0. The largest absolute Gasteiger partial charge is 0.463 e. The first-order valence-electron chi connectivity index (χ1n) is 6.42. The van der Waals surface area contributed by atoms with E-state index in [1.165, 1.54) is 17.4 Å². The Bertz CT molecular complexity index is 815. The van der Waals surface area contributed by atoms with Crippen LogP contribution in [0.4, 0.5) is 10.1 Å². The van der Waals surface area contributed by atoms with E-state index in [4.69, 9.17) is 4.42 Å². The first-order valence-corrected chi connectivity index (χ1v) is 7.30. The second-order valence-corrected chi connectivity index (χ2v) is 5.18. The Balaban J connectivity index is 2.15. The molecule has 0 saturated heterocycles. The predicted molar refractivity (Wildman–Crippen MR) is 81.8 cm³/mol. The average molecular weight is 300 g/mol. The van der Waals surface area contributed by atoms with Gasteiger partial charge in [-0.05, 0) is 24.3 Å². The fraction of sp³-hybridized carbons (Fsp3) is 0.0625. The minimum Gasteiger partial charge on any atom is -0.463 e. The maximum atomic E-state index is 13.7. The number of aromatic nitrogens is 1.